The minimum atomic E-state index is -0.322. The Morgan fingerprint density at radius 3 is 2.55 bits per heavy atom. The molecule has 148 valence electrons. The first kappa shape index (κ1) is 18.5. The number of benzene rings is 2. The maximum Gasteiger partial charge on any atom is 0.368 e. The van der Waals surface area contributed by atoms with Gasteiger partial charge >= 0.3 is 5.69 Å². The highest BCUT2D eigenvalue weighted by Gasteiger charge is 2.14. The number of hydrogen-bond donors (Lipinski definition) is 0. The van der Waals surface area contributed by atoms with E-state index in [0.717, 1.165) is 16.8 Å². The summed E-state index contributed by atoms with van der Waals surface area (Å²) in [6.45, 7) is 2.19. The lowest BCUT2D eigenvalue weighted by molar-refractivity contribution is 0.290. The lowest BCUT2D eigenvalue weighted by Crippen LogP contribution is -2.23. The zero-order chi connectivity index (χ0) is 20.4. The van der Waals surface area contributed by atoms with Gasteiger partial charge in [0.25, 0.3) is 0 Å². The van der Waals surface area contributed by atoms with E-state index < -0.39 is 0 Å². The molecule has 9 heteroatoms. The predicted molar refractivity (Wildman–Crippen MR) is 106 cm³/mol. The number of hydrogen-bond acceptors (Lipinski definition) is 6. The molecule has 0 aliphatic rings. The second-order valence-electron chi connectivity index (χ2n) is 6.43. The van der Waals surface area contributed by atoms with Crippen LogP contribution in [0.2, 0.25) is 0 Å². The average Bonchev–Trinajstić information content (AvgIpc) is 3.34. The molecule has 0 fully saturated rings. The van der Waals surface area contributed by atoms with Crippen molar-refractivity contribution in [3.8, 4) is 23.0 Å². The van der Waals surface area contributed by atoms with Crippen molar-refractivity contribution in [2.24, 2.45) is 7.05 Å². The quantitative estimate of drug-likeness (QED) is 0.499. The van der Waals surface area contributed by atoms with Crippen molar-refractivity contribution in [2.75, 3.05) is 7.11 Å². The van der Waals surface area contributed by atoms with Crippen LogP contribution in [-0.2, 0) is 13.7 Å². The van der Waals surface area contributed by atoms with Gasteiger partial charge in [0.1, 0.15) is 18.0 Å². The van der Waals surface area contributed by atoms with Crippen LogP contribution in [0.4, 0.5) is 0 Å². The van der Waals surface area contributed by atoms with Crippen molar-refractivity contribution >= 4 is 0 Å². The first-order valence-electron chi connectivity index (χ1n) is 8.98. The summed E-state index contributed by atoms with van der Waals surface area (Å²) in [5.74, 6) is 1.17. The van der Waals surface area contributed by atoms with Gasteiger partial charge in [-0.2, -0.15) is 9.36 Å². The molecule has 0 saturated heterocycles. The van der Waals surface area contributed by atoms with Gasteiger partial charge < -0.3 is 9.47 Å². The SMILES string of the molecule is COc1ccccc1-n1ccc(OCc2c(C)cccc2-n2nnn(C)c2=O)n1. The van der Waals surface area contributed by atoms with E-state index in [1.807, 2.05) is 49.4 Å². The summed E-state index contributed by atoms with van der Waals surface area (Å²) in [4.78, 5) is 12.3. The average molecular weight is 392 g/mol. The molecule has 0 saturated carbocycles. The molecular weight excluding hydrogens is 372 g/mol. The van der Waals surface area contributed by atoms with E-state index >= 15 is 0 Å². The fourth-order valence-electron chi connectivity index (χ4n) is 3.02. The summed E-state index contributed by atoms with van der Waals surface area (Å²) in [7, 11) is 3.18. The monoisotopic (exact) mass is 392 g/mol. The second kappa shape index (κ2) is 7.63. The van der Waals surface area contributed by atoms with Crippen molar-refractivity contribution in [3.05, 3.63) is 76.3 Å². The van der Waals surface area contributed by atoms with E-state index in [2.05, 4.69) is 15.5 Å². The van der Waals surface area contributed by atoms with Gasteiger partial charge in [0.15, 0.2) is 0 Å². The standard InChI is InChI=1S/C20H20N6O3/c1-14-7-6-9-16(26-20(27)24(2)22-23-26)15(14)13-29-19-11-12-25(21-19)17-8-4-5-10-18(17)28-3/h4-12H,13H2,1-3H3. The first-order valence-corrected chi connectivity index (χ1v) is 8.98. The zero-order valence-corrected chi connectivity index (χ0v) is 16.3. The number of tetrazole rings is 1. The molecule has 2 aromatic heterocycles. The number of para-hydroxylation sites is 2. The summed E-state index contributed by atoms with van der Waals surface area (Å²) in [5.41, 5.74) is 2.93. The number of aryl methyl sites for hydroxylation is 2. The summed E-state index contributed by atoms with van der Waals surface area (Å²) in [6, 6.07) is 15.0. The Hall–Kier alpha value is -3.88. The van der Waals surface area contributed by atoms with Crippen LogP contribution in [0.1, 0.15) is 11.1 Å². The molecule has 4 aromatic rings. The second-order valence-corrected chi connectivity index (χ2v) is 6.43. The maximum atomic E-state index is 12.3. The molecule has 0 N–H and O–H groups in total. The summed E-state index contributed by atoms with van der Waals surface area (Å²) >= 11 is 0. The number of methoxy groups -OCH3 is 1. The molecule has 0 atom stereocenters. The van der Waals surface area contributed by atoms with Crippen molar-refractivity contribution < 1.29 is 9.47 Å². The molecule has 4 rings (SSSR count). The van der Waals surface area contributed by atoms with Crippen LogP contribution >= 0.6 is 0 Å². The smallest absolute Gasteiger partial charge is 0.368 e. The van der Waals surface area contributed by atoms with E-state index in [4.69, 9.17) is 9.47 Å². The number of ether oxygens (including phenoxy) is 2. The lowest BCUT2D eigenvalue weighted by atomic mass is 10.1. The number of aromatic nitrogens is 6. The van der Waals surface area contributed by atoms with E-state index in [1.54, 1.807) is 31.1 Å². The molecule has 2 heterocycles. The van der Waals surface area contributed by atoms with Crippen LogP contribution < -0.4 is 15.2 Å². The summed E-state index contributed by atoms with van der Waals surface area (Å²) < 4.78 is 15.4. The zero-order valence-electron chi connectivity index (χ0n) is 16.3. The van der Waals surface area contributed by atoms with Crippen LogP contribution in [0.25, 0.3) is 11.4 Å². The van der Waals surface area contributed by atoms with Gasteiger partial charge in [-0.25, -0.2) is 9.48 Å². The van der Waals surface area contributed by atoms with Gasteiger partial charge in [-0.3, -0.25) is 0 Å². The summed E-state index contributed by atoms with van der Waals surface area (Å²) in [6.07, 6.45) is 1.80. The van der Waals surface area contributed by atoms with Gasteiger partial charge in [-0.15, -0.1) is 5.10 Å². The van der Waals surface area contributed by atoms with Crippen molar-refractivity contribution in [1.82, 2.24) is 29.6 Å². The Bertz CT molecular complexity index is 1210. The van der Waals surface area contributed by atoms with Crippen LogP contribution in [-0.4, -0.2) is 36.7 Å². The minimum Gasteiger partial charge on any atom is -0.494 e. The van der Waals surface area contributed by atoms with Gasteiger partial charge in [0.05, 0.1) is 12.8 Å². The molecule has 0 unspecified atom stereocenters. The molecule has 0 spiro atoms. The highest BCUT2D eigenvalue weighted by Crippen LogP contribution is 2.24. The van der Waals surface area contributed by atoms with Crippen LogP contribution in [0, 0.1) is 6.92 Å². The molecular formula is C20H20N6O3. The highest BCUT2D eigenvalue weighted by atomic mass is 16.5. The Morgan fingerprint density at radius 2 is 1.79 bits per heavy atom. The number of rotatable bonds is 6. The molecule has 0 bridgehead atoms. The Kier molecular flexibility index (Phi) is 4.86. The molecule has 9 nitrogen and oxygen atoms in total. The van der Waals surface area contributed by atoms with Crippen molar-refractivity contribution in [3.63, 3.8) is 0 Å². The Labute approximate surface area is 166 Å². The first-order chi connectivity index (χ1) is 14.1. The van der Waals surface area contributed by atoms with E-state index in [0.29, 0.717) is 17.3 Å². The van der Waals surface area contributed by atoms with E-state index in [-0.39, 0.29) is 12.3 Å². The predicted octanol–water partition coefficient (Wildman–Crippen LogP) is 2.05. The largest absolute Gasteiger partial charge is 0.494 e. The molecule has 0 radical (unpaired) electrons. The Balaban J connectivity index is 1.60. The van der Waals surface area contributed by atoms with E-state index in [9.17, 15) is 4.79 Å². The third-order valence-corrected chi connectivity index (χ3v) is 4.60. The van der Waals surface area contributed by atoms with Crippen LogP contribution in [0.15, 0.2) is 59.5 Å². The molecule has 0 aliphatic carbocycles. The van der Waals surface area contributed by atoms with E-state index in [1.165, 1.54) is 9.36 Å². The molecule has 2 aromatic carbocycles. The minimum absolute atomic E-state index is 0.230. The lowest BCUT2D eigenvalue weighted by Gasteiger charge is -2.12. The maximum absolute atomic E-state index is 12.3. The normalized spacial score (nSPS) is 10.9. The molecule has 29 heavy (non-hydrogen) atoms. The van der Waals surface area contributed by atoms with Crippen LogP contribution in [0.5, 0.6) is 11.6 Å². The Morgan fingerprint density at radius 1 is 1.00 bits per heavy atom. The summed E-state index contributed by atoms with van der Waals surface area (Å²) in [5, 5.41) is 12.2. The van der Waals surface area contributed by atoms with Gasteiger partial charge in [-0.05, 0) is 41.1 Å². The highest BCUT2D eigenvalue weighted by molar-refractivity contribution is 5.46. The third kappa shape index (κ3) is 3.49. The van der Waals surface area contributed by atoms with Crippen molar-refractivity contribution in [1.29, 1.82) is 0 Å². The van der Waals surface area contributed by atoms with Gasteiger partial charge in [0, 0.05) is 24.9 Å². The third-order valence-electron chi connectivity index (χ3n) is 4.60. The fraction of sp³-hybridized carbons (Fsp3) is 0.200. The van der Waals surface area contributed by atoms with Crippen molar-refractivity contribution in [2.45, 2.75) is 13.5 Å². The topological polar surface area (TPSA) is 89.0 Å². The van der Waals surface area contributed by atoms with Gasteiger partial charge in [0.2, 0.25) is 5.88 Å². The molecule has 0 aliphatic heterocycles. The fourth-order valence-corrected chi connectivity index (χ4v) is 3.02. The van der Waals surface area contributed by atoms with Crippen LogP contribution in [0.3, 0.4) is 0 Å². The van der Waals surface area contributed by atoms with Gasteiger partial charge in [-0.1, -0.05) is 24.3 Å². The molecule has 0 amide bonds. The number of nitrogens with zero attached hydrogens (tertiary/aromatic N) is 6.